The standard InChI is InChI=1S/C13H14ClN3O3S/c1-10-4-5-11(14)9-12(10)21(19,20)16-7-8-17-13(18)3-2-6-15-17/h2-6,9,16H,7-8H2,1H3. The lowest BCUT2D eigenvalue weighted by Gasteiger charge is -2.10. The highest BCUT2D eigenvalue weighted by Crippen LogP contribution is 2.19. The molecule has 0 saturated heterocycles. The van der Waals surface area contributed by atoms with E-state index in [1.165, 1.54) is 29.1 Å². The Bertz CT molecular complexity index is 802. The molecule has 0 unspecified atom stereocenters. The third-order valence-corrected chi connectivity index (χ3v) is 4.68. The Hall–Kier alpha value is -1.70. The van der Waals surface area contributed by atoms with Gasteiger partial charge in [0.2, 0.25) is 10.0 Å². The zero-order valence-corrected chi connectivity index (χ0v) is 12.9. The third-order valence-electron chi connectivity index (χ3n) is 2.84. The third kappa shape index (κ3) is 3.90. The average molecular weight is 328 g/mol. The van der Waals surface area contributed by atoms with E-state index in [4.69, 9.17) is 11.6 Å². The van der Waals surface area contributed by atoms with Gasteiger partial charge in [0.1, 0.15) is 0 Å². The van der Waals surface area contributed by atoms with Crippen molar-refractivity contribution in [1.29, 1.82) is 0 Å². The fourth-order valence-corrected chi connectivity index (χ4v) is 3.31. The lowest BCUT2D eigenvalue weighted by atomic mass is 10.2. The molecule has 6 nitrogen and oxygen atoms in total. The zero-order chi connectivity index (χ0) is 15.5. The summed E-state index contributed by atoms with van der Waals surface area (Å²) >= 11 is 5.83. The molecule has 1 aromatic heterocycles. The molecule has 0 spiro atoms. The Balaban J connectivity index is 2.10. The predicted molar refractivity (Wildman–Crippen MR) is 79.9 cm³/mol. The first-order chi connectivity index (χ1) is 9.90. The van der Waals surface area contributed by atoms with E-state index in [-0.39, 0.29) is 23.5 Å². The van der Waals surface area contributed by atoms with Crippen LogP contribution >= 0.6 is 11.6 Å². The molecular formula is C13H14ClN3O3S. The van der Waals surface area contributed by atoms with Crippen molar-refractivity contribution >= 4 is 21.6 Å². The molecule has 0 aliphatic rings. The molecule has 112 valence electrons. The van der Waals surface area contributed by atoms with Gasteiger partial charge in [0.25, 0.3) is 5.56 Å². The highest BCUT2D eigenvalue weighted by Gasteiger charge is 2.16. The monoisotopic (exact) mass is 327 g/mol. The van der Waals surface area contributed by atoms with Gasteiger partial charge in [-0.05, 0) is 30.7 Å². The van der Waals surface area contributed by atoms with E-state index in [1.54, 1.807) is 19.1 Å². The Morgan fingerprint density at radius 2 is 2.10 bits per heavy atom. The summed E-state index contributed by atoms with van der Waals surface area (Å²) in [6.45, 7) is 1.90. The lowest BCUT2D eigenvalue weighted by Crippen LogP contribution is -2.31. The summed E-state index contributed by atoms with van der Waals surface area (Å²) in [6.07, 6.45) is 1.47. The fraction of sp³-hybridized carbons (Fsp3) is 0.231. The molecule has 1 heterocycles. The number of nitrogens with one attached hydrogen (secondary N) is 1. The highest BCUT2D eigenvalue weighted by atomic mass is 35.5. The van der Waals surface area contributed by atoms with Crippen LogP contribution < -0.4 is 10.3 Å². The van der Waals surface area contributed by atoms with Crippen molar-refractivity contribution in [3.8, 4) is 0 Å². The van der Waals surface area contributed by atoms with E-state index in [0.29, 0.717) is 10.6 Å². The van der Waals surface area contributed by atoms with Crippen LogP contribution in [0.4, 0.5) is 0 Å². The van der Waals surface area contributed by atoms with Gasteiger partial charge in [-0.2, -0.15) is 5.10 Å². The summed E-state index contributed by atoms with van der Waals surface area (Å²) in [5.74, 6) is 0. The molecule has 0 amide bonds. The molecule has 2 aromatic rings. The summed E-state index contributed by atoms with van der Waals surface area (Å²) in [4.78, 5) is 11.6. The summed E-state index contributed by atoms with van der Waals surface area (Å²) < 4.78 is 28.0. The van der Waals surface area contributed by atoms with Crippen LogP contribution in [0.3, 0.4) is 0 Å². The lowest BCUT2D eigenvalue weighted by molar-refractivity contribution is 0.547. The van der Waals surface area contributed by atoms with E-state index in [1.807, 2.05) is 0 Å². The van der Waals surface area contributed by atoms with E-state index in [2.05, 4.69) is 9.82 Å². The highest BCUT2D eigenvalue weighted by molar-refractivity contribution is 7.89. The number of sulfonamides is 1. The maximum Gasteiger partial charge on any atom is 0.266 e. The Morgan fingerprint density at radius 3 is 2.81 bits per heavy atom. The van der Waals surface area contributed by atoms with Gasteiger partial charge in [-0.3, -0.25) is 4.79 Å². The van der Waals surface area contributed by atoms with Gasteiger partial charge < -0.3 is 0 Å². The second-order valence-electron chi connectivity index (χ2n) is 4.39. The van der Waals surface area contributed by atoms with Crippen molar-refractivity contribution in [3.05, 3.63) is 57.5 Å². The van der Waals surface area contributed by atoms with Gasteiger partial charge in [-0.15, -0.1) is 0 Å². The number of aromatic nitrogens is 2. The van der Waals surface area contributed by atoms with Gasteiger partial charge in [-0.1, -0.05) is 17.7 Å². The first kappa shape index (κ1) is 15.7. The fourth-order valence-electron chi connectivity index (χ4n) is 1.78. The maximum atomic E-state index is 12.2. The van der Waals surface area contributed by atoms with E-state index in [0.717, 1.165) is 0 Å². The molecule has 0 atom stereocenters. The molecule has 8 heteroatoms. The van der Waals surface area contributed by atoms with Gasteiger partial charge >= 0.3 is 0 Å². The van der Waals surface area contributed by atoms with E-state index >= 15 is 0 Å². The van der Waals surface area contributed by atoms with Gasteiger partial charge in [0.15, 0.2) is 0 Å². The van der Waals surface area contributed by atoms with Crippen LogP contribution in [0.1, 0.15) is 5.56 Å². The summed E-state index contributed by atoms with van der Waals surface area (Å²) in [6, 6.07) is 7.55. The molecule has 0 radical (unpaired) electrons. The van der Waals surface area contributed by atoms with Crippen LogP contribution in [0.15, 0.2) is 46.2 Å². The molecule has 2 rings (SSSR count). The number of aryl methyl sites for hydroxylation is 1. The van der Waals surface area contributed by atoms with Gasteiger partial charge in [-0.25, -0.2) is 17.8 Å². The minimum Gasteiger partial charge on any atom is -0.268 e. The number of hydrogen-bond acceptors (Lipinski definition) is 4. The Labute approximate surface area is 127 Å². The van der Waals surface area contributed by atoms with Crippen LogP contribution in [0.5, 0.6) is 0 Å². The van der Waals surface area contributed by atoms with Crippen LogP contribution in [0, 0.1) is 6.92 Å². The maximum absolute atomic E-state index is 12.2. The van der Waals surface area contributed by atoms with Crippen molar-refractivity contribution in [1.82, 2.24) is 14.5 Å². The number of benzene rings is 1. The zero-order valence-electron chi connectivity index (χ0n) is 11.3. The SMILES string of the molecule is Cc1ccc(Cl)cc1S(=O)(=O)NCCn1ncccc1=O. The number of hydrogen-bond donors (Lipinski definition) is 1. The average Bonchev–Trinajstić information content (AvgIpc) is 2.43. The first-order valence-corrected chi connectivity index (χ1v) is 8.04. The van der Waals surface area contributed by atoms with E-state index < -0.39 is 10.0 Å². The smallest absolute Gasteiger partial charge is 0.266 e. The quantitative estimate of drug-likeness (QED) is 0.894. The Kier molecular flexibility index (Phi) is 4.76. The molecule has 1 N–H and O–H groups in total. The predicted octanol–water partition coefficient (Wildman–Crippen LogP) is 1.18. The first-order valence-electron chi connectivity index (χ1n) is 6.18. The number of rotatable bonds is 5. The van der Waals surface area contributed by atoms with Crippen molar-refractivity contribution in [3.63, 3.8) is 0 Å². The van der Waals surface area contributed by atoms with Gasteiger partial charge in [0.05, 0.1) is 11.4 Å². The Morgan fingerprint density at radius 1 is 1.33 bits per heavy atom. The minimum atomic E-state index is -3.67. The largest absolute Gasteiger partial charge is 0.268 e. The molecule has 0 aliphatic carbocycles. The second-order valence-corrected chi connectivity index (χ2v) is 6.56. The molecule has 0 aliphatic heterocycles. The summed E-state index contributed by atoms with van der Waals surface area (Å²) in [7, 11) is -3.67. The van der Waals surface area contributed by atoms with Crippen molar-refractivity contribution < 1.29 is 8.42 Å². The van der Waals surface area contributed by atoms with Crippen LogP contribution in [0.2, 0.25) is 5.02 Å². The topological polar surface area (TPSA) is 81.1 Å². The van der Waals surface area contributed by atoms with Crippen molar-refractivity contribution in [2.75, 3.05) is 6.54 Å². The van der Waals surface area contributed by atoms with Crippen LogP contribution in [-0.4, -0.2) is 24.7 Å². The van der Waals surface area contributed by atoms with Crippen molar-refractivity contribution in [2.24, 2.45) is 0 Å². The number of halogens is 1. The molecule has 21 heavy (non-hydrogen) atoms. The molecule has 0 saturated carbocycles. The summed E-state index contributed by atoms with van der Waals surface area (Å²) in [5.41, 5.74) is 0.317. The summed E-state index contributed by atoms with van der Waals surface area (Å²) in [5, 5.41) is 4.20. The molecular weight excluding hydrogens is 314 g/mol. The molecule has 0 fully saturated rings. The van der Waals surface area contributed by atoms with Gasteiger partial charge in [0, 0.05) is 23.8 Å². The minimum absolute atomic E-state index is 0.0607. The van der Waals surface area contributed by atoms with Crippen LogP contribution in [-0.2, 0) is 16.6 Å². The van der Waals surface area contributed by atoms with E-state index in [9.17, 15) is 13.2 Å². The van der Waals surface area contributed by atoms with Crippen LogP contribution in [0.25, 0.3) is 0 Å². The number of nitrogens with zero attached hydrogens (tertiary/aromatic N) is 2. The molecule has 0 bridgehead atoms. The second kappa shape index (κ2) is 6.38. The normalized spacial score (nSPS) is 11.5. The molecule has 1 aromatic carbocycles. The van der Waals surface area contributed by atoms with Crippen molar-refractivity contribution in [2.45, 2.75) is 18.4 Å².